The molecule has 0 unspecified atom stereocenters. The van der Waals surface area contributed by atoms with Gasteiger partial charge in [0.2, 0.25) is 0 Å². The Balaban J connectivity index is 2.14. The number of amides is 1. The third-order valence-corrected chi connectivity index (χ3v) is 4.66. The minimum absolute atomic E-state index is 0.0320. The van der Waals surface area contributed by atoms with Gasteiger partial charge in [-0.3, -0.25) is 23.9 Å². The van der Waals surface area contributed by atoms with E-state index in [4.69, 9.17) is 10.5 Å². The highest BCUT2D eigenvalue weighted by atomic mass is 16.5. The van der Waals surface area contributed by atoms with E-state index in [0.717, 1.165) is 22.4 Å². The molecule has 1 aromatic carbocycles. The lowest BCUT2D eigenvalue weighted by Crippen LogP contribution is -2.42. The monoisotopic (exact) mass is 416 g/mol. The van der Waals surface area contributed by atoms with Gasteiger partial charge in [-0.2, -0.15) is 0 Å². The summed E-state index contributed by atoms with van der Waals surface area (Å²) in [6, 6.07) is 7.40. The van der Waals surface area contributed by atoms with E-state index in [0.29, 0.717) is 13.0 Å². The standard InChI is InChI=1S/C21H28N4O5/c1-4-6-11-25-19(22)18(20(28)23-21(25)29)24(5-2)16(26)13-30-17(27)12-15-9-7-14(3)8-10-15/h7-10H,4-6,11-13,22H2,1-3H3,(H,23,28,29). The molecule has 0 saturated heterocycles. The van der Waals surface area contributed by atoms with Crippen molar-refractivity contribution in [3.05, 3.63) is 56.2 Å². The third kappa shape index (κ3) is 5.59. The van der Waals surface area contributed by atoms with Crippen LogP contribution in [-0.2, 0) is 27.3 Å². The van der Waals surface area contributed by atoms with E-state index in [9.17, 15) is 19.2 Å². The predicted molar refractivity (Wildman–Crippen MR) is 115 cm³/mol. The number of hydrogen-bond acceptors (Lipinski definition) is 6. The summed E-state index contributed by atoms with van der Waals surface area (Å²) in [7, 11) is 0. The lowest BCUT2D eigenvalue weighted by molar-refractivity contribution is -0.147. The number of carbonyl (C=O) groups is 2. The van der Waals surface area contributed by atoms with Crippen LogP contribution >= 0.6 is 0 Å². The quantitative estimate of drug-likeness (QED) is 0.594. The summed E-state index contributed by atoms with van der Waals surface area (Å²) in [6.07, 6.45) is 1.55. The van der Waals surface area contributed by atoms with Gasteiger partial charge in [0.05, 0.1) is 6.42 Å². The van der Waals surface area contributed by atoms with E-state index in [1.807, 2.05) is 38.1 Å². The van der Waals surface area contributed by atoms with Crippen molar-refractivity contribution in [3.8, 4) is 0 Å². The number of unbranched alkanes of at least 4 members (excludes halogenated alkanes) is 1. The van der Waals surface area contributed by atoms with Crippen LogP contribution in [0, 0.1) is 6.92 Å². The van der Waals surface area contributed by atoms with E-state index in [2.05, 4.69) is 4.98 Å². The molecular weight excluding hydrogens is 388 g/mol. The fraction of sp³-hybridized carbons (Fsp3) is 0.429. The summed E-state index contributed by atoms with van der Waals surface area (Å²) in [5.74, 6) is -1.25. The Kier molecular flexibility index (Phi) is 7.97. The first kappa shape index (κ1) is 22.9. The van der Waals surface area contributed by atoms with Gasteiger partial charge in [0.15, 0.2) is 12.3 Å². The first-order valence-corrected chi connectivity index (χ1v) is 9.92. The van der Waals surface area contributed by atoms with Crippen LogP contribution in [-0.4, -0.2) is 34.6 Å². The van der Waals surface area contributed by atoms with Crippen molar-refractivity contribution in [1.82, 2.24) is 9.55 Å². The lowest BCUT2D eigenvalue weighted by Gasteiger charge is -2.23. The number of nitrogens with two attached hydrogens (primary N) is 1. The number of hydrogen-bond donors (Lipinski definition) is 2. The predicted octanol–water partition coefficient (Wildman–Crippen LogP) is 1.37. The smallest absolute Gasteiger partial charge is 0.330 e. The van der Waals surface area contributed by atoms with Crippen molar-refractivity contribution in [1.29, 1.82) is 0 Å². The molecule has 0 aliphatic carbocycles. The van der Waals surface area contributed by atoms with Crippen LogP contribution in [0.5, 0.6) is 0 Å². The molecule has 2 aromatic rings. The average molecular weight is 416 g/mol. The number of nitrogens with zero attached hydrogens (tertiary/aromatic N) is 2. The van der Waals surface area contributed by atoms with Gasteiger partial charge in [0.1, 0.15) is 5.82 Å². The van der Waals surface area contributed by atoms with E-state index >= 15 is 0 Å². The van der Waals surface area contributed by atoms with Crippen LogP contribution in [0.1, 0.15) is 37.8 Å². The first-order chi connectivity index (χ1) is 14.3. The highest BCUT2D eigenvalue weighted by molar-refractivity contribution is 5.97. The molecular formula is C21H28N4O5. The van der Waals surface area contributed by atoms with Gasteiger partial charge in [-0.15, -0.1) is 0 Å². The summed E-state index contributed by atoms with van der Waals surface area (Å²) in [5, 5.41) is 0. The first-order valence-electron chi connectivity index (χ1n) is 9.92. The maximum Gasteiger partial charge on any atom is 0.330 e. The zero-order valence-corrected chi connectivity index (χ0v) is 17.6. The summed E-state index contributed by atoms with van der Waals surface area (Å²) in [4.78, 5) is 52.4. The maximum absolute atomic E-state index is 12.6. The molecule has 0 fully saturated rings. The number of anilines is 2. The number of aryl methyl sites for hydroxylation is 1. The van der Waals surface area contributed by atoms with Crippen LogP contribution in [0.15, 0.2) is 33.9 Å². The zero-order chi connectivity index (χ0) is 22.3. The third-order valence-electron chi connectivity index (χ3n) is 4.66. The van der Waals surface area contributed by atoms with Gasteiger partial charge in [0, 0.05) is 13.1 Å². The Hall–Kier alpha value is -3.36. The number of aromatic amines is 1. The molecule has 0 aliphatic heterocycles. The molecule has 9 nitrogen and oxygen atoms in total. The van der Waals surface area contributed by atoms with Crippen LogP contribution in [0.2, 0.25) is 0 Å². The minimum Gasteiger partial charge on any atom is -0.455 e. The van der Waals surface area contributed by atoms with Gasteiger partial charge < -0.3 is 15.4 Å². The van der Waals surface area contributed by atoms with Crippen molar-refractivity contribution >= 4 is 23.4 Å². The Morgan fingerprint density at radius 2 is 1.83 bits per heavy atom. The van der Waals surface area contributed by atoms with Crippen molar-refractivity contribution in [2.24, 2.45) is 0 Å². The Morgan fingerprint density at radius 1 is 1.17 bits per heavy atom. The molecule has 0 aliphatic rings. The maximum atomic E-state index is 12.6. The number of esters is 1. The highest BCUT2D eigenvalue weighted by Gasteiger charge is 2.23. The molecule has 2 rings (SSSR count). The molecule has 0 bridgehead atoms. The van der Waals surface area contributed by atoms with Gasteiger partial charge in [-0.1, -0.05) is 43.2 Å². The summed E-state index contributed by atoms with van der Waals surface area (Å²) in [5.41, 5.74) is 6.40. The van der Waals surface area contributed by atoms with Crippen LogP contribution in [0.3, 0.4) is 0 Å². The largest absolute Gasteiger partial charge is 0.455 e. The normalized spacial score (nSPS) is 10.6. The Labute approximate surface area is 174 Å². The van der Waals surface area contributed by atoms with Crippen molar-refractivity contribution in [3.63, 3.8) is 0 Å². The van der Waals surface area contributed by atoms with Gasteiger partial charge in [-0.25, -0.2) is 4.79 Å². The van der Waals surface area contributed by atoms with Gasteiger partial charge >= 0.3 is 11.7 Å². The van der Waals surface area contributed by atoms with Crippen molar-refractivity contribution < 1.29 is 14.3 Å². The fourth-order valence-corrected chi connectivity index (χ4v) is 2.98. The van der Waals surface area contributed by atoms with Gasteiger partial charge in [0.25, 0.3) is 11.5 Å². The van der Waals surface area contributed by atoms with Crippen molar-refractivity contribution in [2.75, 3.05) is 23.8 Å². The Morgan fingerprint density at radius 3 is 2.43 bits per heavy atom. The van der Waals surface area contributed by atoms with Crippen LogP contribution in [0.4, 0.5) is 11.5 Å². The van der Waals surface area contributed by atoms with Gasteiger partial charge in [-0.05, 0) is 25.8 Å². The second-order valence-corrected chi connectivity index (χ2v) is 6.96. The summed E-state index contributed by atoms with van der Waals surface area (Å²) < 4.78 is 6.32. The molecule has 1 amide bonds. The molecule has 162 valence electrons. The number of ether oxygens (including phenoxy) is 1. The van der Waals surface area contributed by atoms with Crippen LogP contribution in [0.25, 0.3) is 0 Å². The van der Waals surface area contributed by atoms with E-state index in [1.165, 1.54) is 4.57 Å². The summed E-state index contributed by atoms with van der Waals surface area (Å²) >= 11 is 0. The van der Waals surface area contributed by atoms with Crippen molar-refractivity contribution in [2.45, 2.75) is 46.6 Å². The Bertz CT molecular complexity index is 1010. The highest BCUT2D eigenvalue weighted by Crippen LogP contribution is 2.17. The minimum atomic E-state index is -0.758. The number of nitrogen functional groups attached to an aromatic ring is 1. The number of nitrogens with one attached hydrogen (secondary N) is 1. The topological polar surface area (TPSA) is 127 Å². The number of benzene rings is 1. The fourth-order valence-electron chi connectivity index (χ4n) is 2.98. The van der Waals surface area contributed by atoms with E-state index in [1.54, 1.807) is 6.92 Å². The number of rotatable bonds is 9. The number of aromatic nitrogens is 2. The second kappa shape index (κ2) is 10.4. The summed E-state index contributed by atoms with van der Waals surface area (Å²) in [6.45, 7) is 5.47. The lowest BCUT2D eigenvalue weighted by atomic mass is 10.1. The molecule has 30 heavy (non-hydrogen) atoms. The molecule has 0 saturated carbocycles. The molecule has 0 spiro atoms. The molecule has 3 N–H and O–H groups in total. The molecule has 1 aromatic heterocycles. The SMILES string of the molecule is CCCCn1c(N)c(N(CC)C(=O)COC(=O)Cc2ccc(C)cc2)c(=O)[nH]c1=O. The number of H-pyrrole nitrogens is 1. The molecule has 9 heteroatoms. The zero-order valence-electron chi connectivity index (χ0n) is 17.6. The average Bonchev–Trinajstić information content (AvgIpc) is 2.70. The number of carbonyl (C=O) groups excluding carboxylic acids is 2. The number of likely N-dealkylation sites (N-methyl/N-ethyl adjacent to an activating group) is 1. The van der Waals surface area contributed by atoms with E-state index in [-0.39, 0.29) is 24.5 Å². The molecule has 0 radical (unpaired) electrons. The second-order valence-electron chi connectivity index (χ2n) is 6.96. The van der Waals surface area contributed by atoms with E-state index < -0.39 is 29.7 Å². The molecule has 0 atom stereocenters. The molecule has 1 heterocycles. The van der Waals surface area contributed by atoms with Crippen LogP contribution < -0.4 is 21.9 Å².